The van der Waals surface area contributed by atoms with Gasteiger partial charge in [0.2, 0.25) is 0 Å². The zero-order valence-electron chi connectivity index (χ0n) is 8.63. The first-order chi connectivity index (χ1) is 5.54. The van der Waals surface area contributed by atoms with Crippen LogP contribution in [0, 0.1) is 0 Å². The van der Waals surface area contributed by atoms with Crippen LogP contribution in [0.25, 0.3) is 0 Å². The second-order valence-corrected chi connectivity index (χ2v) is 5.25. The Hall–Kier alpha value is 0.323. The van der Waals surface area contributed by atoms with E-state index >= 15 is 0 Å². The van der Waals surface area contributed by atoms with E-state index in [0.29, 0.717) is 5.41 Å². The van der Waals surface area contributed by atoms with E-state index in [1.54, 1.807) is 0 Å². The number of benzene rings is 1. The first-order valence-corrected chi connectivity index (χ1v) is 6.52. The molecule has 13 heavy (non-hydrogen) atoms. The Morgan fingerprint density at radius 2 is 1.54 bits per heavy atom. The van der Waals surface area contributed by atoms with Crippen molar-refractivity contribution in [3.05, 3.63) is 35.4 Å². The summed E-state index contributed by atoms with van der Waals surface area (Å²) in [7, 11) is 0. The van der Waals surface area contributed by atoms with E-state index in [4.69, 9.17) is 0 Å². The molecule has 0 nitrogen and oxygen atoms in total. The van der Waals surface area contributed by atoms with E-state index in [2.05, 4.69) is 45.0 Å². The number of rotatable bonds is 1. The molecule has 69 valence electrons. The van der Waals surface area contributed by atoms with Crippen molar-refractivity contribution in [2.45, 2.75) is 31.2 Å². The van der Waals surface area contributed by atoms with Crippen molar-refractivity contribution in [1.82, 2.24) is 0 Å². The van der Waals surface area contributed by atoms with E-state index in [9.17, 15) is 0 Å². The average Bonchev–Trinajstić information content (AvgIpc) is 2.03. The Kier molecular flexibility index (Phi) is 5.40. The molecule has 0 aliphatic carbocycles. The number of hydrogen-bond donors (Lipinski definition) is 0. The van der Waals surface area contributed by atoms with Gasteiger partial charge in [0, 0.05) is 0 Å². The van der Waals surface area contributed by atoms with E-state index in [-0.39, 0.29) is 17.0 Å². The van der Waals surface area contributed by atoms with Gasteiger partial charge in [-0.25, -0.2) is 0 Å². The molecule has 1 rings (SSSR count). The van der Waals surface area contributed by atoms with Crippen molar-refractivity contribution in [2.24, 2.45) is 0 Å². The quantitative estimate of drug-likeness (QED) is 0.694. The average molecular weight is 294 g/mol. The van der Waals surface area contributed by atoms with Crippen LogP contribution in [0.3, 0.4) is 0 Å². The molecule has 0 radical (unpaired) electrons. The predicted molar refractivity (Wildman–Crippen MR) is 59.2 cm³/mol. The van der Waals surface area contributed by atoms with Crippen LogP contribution < -0.4 is 0 Å². The summed E-state index contributed by atoms with van der Waals surface area (Å²) in [6, 6.07) is 9.02. The first kappa shape index (κ1) is 13.3. The van der Waals surface area contributed by atoms with Gasteiger partial charge in [-0.15, -0.1) is 17.0 Å². The molecule has 0 N–H and O–H groups in total. The van der Waals surface area contributed by atoms with Crippen LogP contribution in [0.1, 0.15) is 31.9 Å². The molecular weight excluding hydrogens is 277 g/mol. The Bertz CT molecular complexity index is 246. The first-order valence-electron chi connectivity index (χ1n) is 4.42. The molecule has 0 aromatic heterocycles. The van der Waals surface area contributed by atoms with Gasteiger partial charge in [0.15, 0.2) is 0 Å². The molecule has 0 saturated heterocycles. The van der Waals surface area contributed by atoms with Crippen LogP contribution in [0.15, 0.2) is 24.3 Å². The number of halogens is 1. The van der Waals surface area contributed by atoms with Crippen LogP contribution in [-0.2, 0) is 28.7 Å². The summed E-state index contributed by atoms with van der Waals surface area (Å²) in [5.41, 5.74) is 3.20. The molecule has 2 heteroatoms. The molecule has 1 aromatic carbocycles. The van der Waals surface area contributed by atoms with Gasteiger partial charge in [-0.05, 0) is 0 Å². The van der Waals surface area contributed by atoms with E-state index in [1.165, 1.54) is 34.4 Å². The van der Waals surface area contributed by atoms with Gasteiger partial charge < -0.3 is 0 Å². The predicted octanol–water partition coefficient (Wildman–Crippen LogP) is 3.61. The summed E-state index contributed by atoms with van der Waals surface area (Å²) in [5, 5.41) is 1.25. The van der Waals surface area contributed by atoms with Crippen molar-refractivity contribution in [3.63, 3.8) is 0 Å². The van der Waals surface area contributed by atoms with Crippen molar-refractivity contribution >= 4 is 17.0 Å². The van der Waals surface area contributed by atoms with Gasteiger partial charge in [0.25, 0.3) is 0 Å². The van der Waals surface area contributed by atoms with Crippen LogP contribution in [0.5, 0.6) is 0 Å². The van der Waals surface area contributed by atoms with Gasteiger partial charge >= 0.3 is 84.9 Å². The van der Waals surface area contributed by atoms with Crippen molar-refractivity contribution < 1.29 is 18.3 Å². The minimum atomic E-state index is 0. The van der Waals surface area contributed by atoms with Gasteiger partial charge in [0.05, 0.1) is 0 Å². The van der Waals surface area contributed by atoms with Crippen molar-refractivity contribution in [1.29, 1.82) is 0 Å². The maximum atomic E-state index is 2.25. The summed E-state index contributed by atoms with van der Waals surface area (Å²) >= 11 is 1.36. The standard InChI is InChI=1S/C11H15.BrH.Zn/c1-9-5-7-10(8-6-9)11(2,3)4;;/h5-8H,1H2,2-4H3;1H;. The molecule has 0 aliphatic heterocycles. The van der Waals surface area contributed by atoms with Gasteiger partial charge in [0.1, 0.15) is 0 Å². The zero-order chi connectivity index (χ0) is 9.19. The third kappa shape index (κ3) is 3.91. The van der Waals surface area contributed by atoms with E-state index in [1.807, 2.05) is 0 Å². The maximum absolute atomic E-state index is 2.25. The molecule has 0 aliphatic rings. The summed E-state index contributed by atoms with van der Waals surface area (Å²) in [5.74, 6) is 0. The summed E-state index contributed by atoms with van der Waals surface area (Å²) in [6.45, 7) is 6.76. The molecule has 0 heterocycles. The third-order valence-corrected chi connectivity index (χ3v) is 3.32. The van der Waals surface area contributed by atoms with Gasteiger partial charge in [-0.1, -0.05) is 0 Å². The van der Waals surface area contributed by atoms with E-state index in [0.717, 1.165) is 0 Å². The molecule has 0 saturated carbocycles. The molecule has 0 amide bonds. The van der Waals surface area contributed by atoms with Crippen LogP contribution in [0.2, 0.25) is 0 Å². The molecule has 0 spiro atoms. The SMILES string of the molecule is Br.CC(C)(C)c1ccc([CH2][Zn])cc1. The normalized spacial score (nSPS) is 10.8. The van der Waals surface area contributed by atoms with Gasteiger partial charge in [-0.3, -0.25) is 0 Å². The second-order valence-electron chi connectivity index (χ2n) is 4.20. The summed E-state index contributed by atoms with van der Waals surface area (Å²) in [4.78, 5) is 0. The molecule has 0 bridgehead atoms. The van der Waals surface area contributed by atoms with E-state index < -0.39 is 0 Å². The van der Waals surface area contributed by atoms with Crippen LogP contribution in [-0.4, -0.2) is 0 Å². The fourth-order valence-corrected chi connectivity index (χ4v) is 1.87. The van der Waals surface area contributed by atoms with Gasteiger partial charge in [-0.2, -0.15) is 0 Å². The summed E-state index contributed by atoms with van der Waals surface area (Å²) < 4.78 is 0. The molecule has 1 aromatic rings. The minimum absolute atomic E-state index is 0. The summed E-state index contributed by atoms with van der Waals surface area (Å²) in [6.07, 6.45) is 0. The monoisotopic (exact) mass is 291 g/mol. The zero-order valence-corrected chi connectivity index (χ0v) is 13.3. The van der Waals surface area contributed by atoms with Crippen molar-refractivity contribution in [3.8, 4) is 0 Å². The molecule has 0 unspecified atom stereocenters. The topological polar surface area (TPSA) is 0 Å². The molecule has 0 atom stereocenters. The Morgan fingerprint density at radius 1 is 1.08 bits per heavy atom. The van der Waals surface area contributed by atoms with Crippen LogP contribution >= 0.6 is 17.0 Å². The Labute approximate surface area is 102 Å². The fourth-order valence-electron chi connectivity index (χ4n) is 1.17. The van der Waals surface area contributed by atoms with Crippen LogP contribution in [0.4, 0.5) is 0 Å². The van der Waals surface area contributed by atoms with Crippen molar-refractivity contribution in [2.75, 3.05) is 0 Å². The molecular formula is C11H16BrZn. The molecule has 0 fully saturated rings. The Balaban J connectivity index is 0.00000144. The Morgan fingerprint density at radius 3 is 1.85 bits per heavy atom. The third-order valence-electron chi connectivity index (χ3n) is 2.11. The fraction of sp³-hybridized carbons (Fsp3) is 0.455. The number of hydrogen-bond acceptors (Lipinski definition) is 0. The second kappa shape index (κ2) is 5.27.